The number of hydrogen-bond acceptors (Lipinski definition) is 7. The number of anilines is 2. The minimum Gasteiger partial charge on any atom is -0.368 e. The van der Waals surface area contributed by atoms with E-state index >= 15 is 0 Å². The van der Waals surface area contributed by atoms with Crippen LogP contribution in [-0.2, 0) is 6.42 Å². The maximum atomic E-state index is 10.9. The summed E-state index contributed by atoms with van der Waals surface area (Å²) >= 11 is 1.73. The van der Waals surface area contributed by atoms with Crippen LogP contribution in [0.3, 0.4) is 0 Å². The smallest absolute Gasteiger partial charge is 0.287 e. The first-order valence-corrected chi connectivity index (χ1v) is 8.57. The molecule has 0 atom stereocenters. The molecule has 3 rings (SSSR count). The van der Waals surface area contributed by atoms with Gasteiger partial charge in [0.15, 0.2) is 5.13 Å². The van der Waals surface area contributed by atoms with E-state index in [4.69, 9.17) is 5.26 Å². The number of aryl methyl sites for hydroxylation is 1. The highest BCUT2D eigenvalue weighted by atomic mass is 32.1. The van der Waals surface area contributed by atoms with Gasteiger partial charge in [0.2, 0.25) is 0 Å². The number of aromatic nitrogens is 1. The Morgan fingerprint density at radius 2 is 2.04 bits per heavy atom. The van der Waals surface area contributed by atoms with Gasteiger partial charge in [-0.05, 0) is 18.6 Å². The number of hydrogen-bond donors (Lipinski definition) is 0. The molecule has 1 aromatic heterocycles. The number of nitro benzene ring substituents is 1. The molecule has 8 heteroatoms. The largest absolute Gasteiger partial charge is 0.368 e. The second-order valence-electron chi connectivity index (χ2n) is 5.51. The molecular formula is C16H17N5O2S. The molecule has 0 bridgehead atoms. The summed E-state index contributed by atoms with van der Waals surface area (Å²) in [6.07, 6.45) is 2.93. The Balaban J connectivity index is 1.70. The van der Waals surface area contributed by atoms with Crippen molar-refractivity contribution in [1.82, 2.24) is 4.98 Å². The standard InChI is InChI=1S/C16H17N5O2S/c1-2-14-11-18-16(24-14)20-7-5-19(6-8-20)13-3-4-15(21(22)23)12(9-13)10-17/h3-4,9,11H,2,5-8H2,1H3. The number of piperazine rings is 1. The van der Waals surface area contributed by atoms with Gasteiger partial charge in [-0.25, -0.2) is 4.98 Å². The van der Waals surface area contributed by atoms with E-state index in [-0.39, 0.29) is 11.3 Å². The third kappa shape index (κ3) is 3.16. The van der Waals surface area contributed by atoms with Crippen molar-refractivity contribution < 1.29 is 4.92 Å². The monoisotopic (exact) mass is 343 g/mol. The van der Waals surface area contributed by atoms with Crippen molar-refractivity contribution in [3.05, 3.63) is 45.0 Å². The van der Waals surface area contributed by atoms with Crippen LogP contribution in [0.1, 0.15) is 17.4 Å². The third-order valence-electron chi connectivity index (χ3n) is 4.10. The summed E-state index contributed by atoms with van der Waals surface area (Å²) in [5.41, 5.74) is 0.812. The molecule has 0 saturated carbocycles. The number of thiazole rings is 1. The van der Waals surface area contributed by atoms with Crippen LogP contribution in [-0.4, -0.2) is 36.1 Å². The number of rotatable bonds is 4. The fourth-order valence-corrected chi connectivity index (χ4v) is 3.63. The Bertz CT molecular complexity index is 790. The van der Waals surface area contributed by atoms with Crippen LogP contribution in [0.25, 0.3) is 0 Å². The zero-order valence-corrected chi connectivity index (χ0v) is 14.1. The van der Waals surface area contributed by atoms with E-state index in [0.717, 1.165) is 43.4 Å². The Labute approximate surface area is 143 Å². The molecule has 1 fully saturated rings. The predicted octanol–water partition coefficient (Wildman–Crippen LogP) is 2.81. The lowest BCUT2D eigenvalue weighted by Gasteiger charge is -2.36. The lowest BCUT2D eigenvalue weighted by Crippen LogP contribution is -2.46. The van der Waals surface area contributed by atoms with Crippen molar-refractivity contribution in [2.45, 2.75) is 13.3 Å². The summed E-state index contributed by atoms with van der Waals surface area (Å²) in [4.78, 5) is 20.6. The van der Waals surface area contributed by atoms with Crippen molar-refractivity contribution in [2.24, 2.45) is 0 Å². The van der Waals surface area contributed by atoms with Crippen LogP contribution in [0.5, 0.6) is 0 Å². The van der Waals surface area contributed by atoms with Crippen molar-refractivity contribution in [3.8, 4) is 6.07 Å². The van der Waals surface area contributed by atoms with Gasteiger partial charge in [-0.1, -0.05) is 6.92 Å². The molecule has 1 aliphatic heterocycles. The summed E-state index contributed by atoms with van der Waals surface area (Å²) in [6, 6.07) is 6.64. The highest BCUT2D eigenvalue weighted by Crippen LogP contribution is 2.27. The van der Waals surface area contributed by atoms with Crippen LogP contribution in [0.4, 0.5) is 16.5 Å². The van der Waals surface area contributed by atoms with Gasteiger partial charge in [0.1, 0.15) is 11.6 Å². The topological polar surface area (TPSA) is 86.3 Å². The Kier molecular flexibility index (Phi) is 4.62. The average Bonchev–Trinajstić information content (AvgIpc) is 3.10. The van der Waals surface area contributed by atoms with E-state index < -0.39 is 4.92 Å². The van der Waals surface area contributed by atoms with Crippen LogP contribution in [0.15, 0.2) is 24.4 Å². The van der Waals surface area contributed by atoms with Crippen LogP contribution in [0.2, 0.25) is 0 Å². The first-order chi connectivity index (χ1) is 11.6. The second-order valence-corrected chi connectivity index (χ2v) is 6.60. The van der Waals surface area contributed by atoms with Gasteiger partial charge in [-0.15, -0.1) is 11.3 Å². The van der Waals surface area contributed by atoms with Crippen LogP contribution >= 0.6 is 11.3 Å². The van der Waals surface area contributed by atoms with Gasteiger partial charge < -0.3 is 9.80 Å². The molecule has 0 aliphatic carbocycles. The maximum absolute atomic E-state index is 10.9. The SMILES string of the molecule is CCc1cnc(N2CCN(c3ccc([N+](=O)[O-])c(C#N)c3)CC2)s1. The number of nitrogens with zero attached hydrogens (tertiary/aromatic N) is 5. The van der Waals surface area contributed by atoms with E-state index in [2.05, 4.69) is 21.7 Å². The van der Waals surface area contributed by atoms with E-state index in [9.17, 15) is 10.1 Å². The average molecular weight is 343 g/mol. The van der Waals surface area contributed by atoms with Crippen LogP contribution in [0, 0.1) is 21.4 Å². The van der Waals surface area contributed by atoms with Gasteiger partial charge in [-0.2, -0.15) is 5.26 Å². The molecule has 0 unspecified atom stereocenters. The molecule has 2 aromatic rings. The minimum atomic E-state index is -0.520. The number of nitriles is 1. The van der Waals surface area contributed by atoms with Crippen molar-refractivity contribution in [2.75, 3.05) is 36.0 Å². The molecule has 0 spiro atoms. The molecule has 124 valence electrons. The number of nitro groups is 1. The Morgan fingerprint density at radius 1 is 1.33 bits per heavy atom. The summed E-state index contributed by atoms with van der Waals surface area (Å²) < 4.78 is 0. The van der Waals surface area contributed by atoms with Crippen molar-refractivity contribution >= 4 is 27.8 Å². The van der Waals surface area contributed by atoms with E-state index in [1.807, 2.05) is 12.3 Å². The fraction of sp³-hybridized carbons (Fsp3) is 0.375. The molecule has 1 aromatic carbocycles. The lowest BCUT2D eigenvalue weighted by molar-refractivity contribution is -0.385. The third-order valence-corrected chi connectivity index (χ3v) is 5.30. The van der Waals surface area contributed by atoms with Gasteiger partial charge in [-0.3, -0.25) is 10.1 Å². The quantitative estimate of drug-likeness (QED) is 0.627. The molecule has 1 aliphatic rings. The second kappa shape index (κ2) is 6.84. The normalized spacial score (nSPS) is 14.5. The van der Waals surface area contributed by atoms with E-state index in [1.165, 1.54) is 10.9 Å². The zero-order valence-electron chi connectivity index (χ0n) is 13.3. The molecule has 2 heterocycles. The van der Waals surface area contributed by atoms with Gasteiger partial charge >= 0.3 is 0 Å². The highest BCUT2D eigenvalue weighted by Gasteiger charge is 2.22. The molecule has 24 heavy (non-hydrogen) atoms. The van der Waals surface area contributed by atoms with Gasteiger partial charge in [0.05, 0.1) is 4.92 Å². The highest BCUT2D eigenvalue weighted by molar-refractivity contribution is 7.15. The molecule has 0 amide bonds. The Morgan fingerprint density at radius 3 is 2.62 bits per heavy atom. The lowest BCUT2D eigenvalue weighted by atomic mass is 10.1. The summed E-state index contributed by atoms with van der Waals surface area (Å²) in [6.45, 7) is 5.40. The van der Waals surface area contributed by atoms with Crippen molar-refractivity contribution in [3.63, 3.8) is 0 Å². The predicted molar refractivity (Wildman–Crippen MR) is 93.7 cm³/mol. The fourth-order valence-electron chi connectivity index (χ4n) is 2.73. The van der Waals surface area contributed by atoms with Gasteiger partial charge in [0, 0.05) is 49.0 Å². The molecule has 0 radical (unpaired) electrons. The molecule has 0 N–H and O–H groups in total. The first kappa shape index (κ1) is 16.2. The van der Waals surface area contributed by atoms with Crippen LogP contribution < -0.4 is 9.80 Å². The van der Waals surface area contributed by atoms with Crippen molar-refractivity contribution in [1.29, 1.82) is 5.26 Å². The molecular weight excluding hydrogens is 326 g/mol. The first-order valence-electron chi connectivity index (χ1n) is 7.75. The summed E-state index contributed by atoms with van der Waals surface area (Å²) in [7, 11) is 0. The molecule has 1 saturated heterocycles. The van der Waals surface area contributed by atoms with E-state index in [0.29, 0.717) is 0 Å². The molecule has 7 nitrogen and oxygen atoms in total. The number of benzene rings is 1. The zero-order chi connectivity index (χ0) is 17.1. The maximum Gasteiger partial charge on any atom is 0.287 e. The summed E-state index contributed by atoms with van der Waals surface area (Å²) in [5, 5.41) is 21.1. The summed E-state index contributed by atoms with van der Waals surface area (Å²) in [5.74, 6) is 0. The van der Waals surface area contributed by atoms with Gasteiger partial charge in [0.25, 0.3) is 5.69 Å². The minimum absolute atomic E-state index is 0.104. The Hall–Kier alpha value is -2.66. The van der Waals surface area contributed by atoms with E-state index in [1.54, 1.807) is 23.5 Å².